The summed E-state index contributed by atoms with van der Waals surface area (Å²) in [7, 11) is -1.84. The number of ether oxygens (including phenoxy) is 1. The van der Waals surface area contributed by atoms with Gasteiger partial charge in [-0.05, 0) is 36.2 Å². The van der Waals surface area contributed by atoms with Crippen molar-refractivity contribution in [1.82, 2.24) is 0 Å². The Morgan fingerprint density at radius 1 is 1.10 bits per heavy atom. The third-order valence-electron chi connectivity index (χ3n) is 2.90. The average molecular weight is 291 g/mol. The van der Waals surface area contributed by atoms with Crippen LogP contribution in [0, 0.1) is 6.92 Å². The normalized spacial score (nSPS) is 11.1. The molecule has 0 unspecified atom stereocenters. The summed E-state index contributed by atoms with van der Waals surface area (Å²) in [6.45, 7) is 1.84. The van der Waals surface area contributed by atoms with Crippen LogP contribution in [0.25, 0.3) is 0 Å². The maximum atomic E-state index is 12.1. The Hall–Kier alpha value is -2.01. The lowest BCUT2D eigenvalue weighted by molar-refractivity contribution is 0.414. The van der Waals surface area contributed by atoms with Gasteiger partial charge in [0, 0.05) is 0 Å². The first-order valence-corrected chi connectivity index (χ1v) is 7.84. The van der Waals surface area contributed by atoms with Gasteiger partial charge in [0.05, 0.1) is 18.6 Å². The quantitative estimate of drug-likeness (QED) is 0.921. The molecule has 0 bridgehead atoms. The number of benzene rings is 2. The van der Waals surface area contributed by atoms with Gasteiger partial charge < -0.3 is 4.74 Å². The van der Waals surface area contributed by atoms with E-state index in [1.807, 2.05) is 25.1 Å². The van der Waals surface area contributed by atoms with Gasteiger partial charge in [-0.1, -0.05) is 30.3 Å². The van der Waals surface area contributed by atoms with Gasteiger partial charge in [-0.15, -0.1) is 0 Å². The van der Waals surface area contributed by atoms with Crippen molar-refractivity contribution in [2.75, 3.05) is 11.8 Å². The third-order valence-corrected chi connectivity index (χ3v) is 4.14. The number of hydrogen-bond donors (Lipinski definition) is 1. The van der Waals surface area contributed by atoms with Crippen molar-refractivity contribution in [3.05, 3.63) is 59.7 Å². The van der Waals surface area contributed by atoms with Crippen molar-refractivity contribution in [2.45, 2.75) is 12.7 Å². The zero-order valence-corrected chi connectivity index (χ0v) is 12.3. The van der Waals surface area contributed by atoms with Crippen molar-refractivity contribution in [3.63, 3.8) is 0 Å². The Bertz CT molecular complexity index is 682. The molecule has 0 saturated carbocycles. The van der Waals surface area contributed by atoms with Gasteiger partial charge in [0.15, 0.2) is 0 Å². The summed E-state index contributed by atoms with van der Waals surface area (Å²) >= 11 is 0. The van der Waals surface area contributed by atoms with Crippen LogP contribution in [-0.4, -0.2) is 15.5 Å². The van der Waals surface area contributed by atoms with Crippen LogP contribution in [0.5, 0.6) is 5.75 Å². The van der Waals surface area contributed by atoms with Crippen LogP contribution >= 0.6 is 0 Å². The Kier molecular flexibility index (Phi) is 4.29. The van der Waals surface area contributed by atoms with Gasteiger partial charge in [0.2, 0.25) is 10.0 Å². The third kappa shape index (κ3) is 3.74. The van der Waals surface area contributed by atoms with E-state index in [-0.39, 0.29) is 5.75 Å². The van der Waals surface area contributed by atoms with Gasteiger partial charge in [0.1, 0.15) is 5.75 Å². The molecule has 0 fully saturated rings. The summed E-state index contributed by atoms with van der Waals surface area (Å²) in [6, 6.07) is 14.3. The Morgan fingerprint density at radius 2 is 1.80 bits per heavy atom. The molecule has 0 aliphatic rings. The molecule has 2 aromatic rings. The van der Waals surface area contributed by atoms with E-state index in [9.17, 15) is 8.42 Å². The van der Waals surface area contributed by atoms with Crippen molar-refractivity contribution in [2.24, 2.45) is 0 Å². The van der Waals surface area contributed by atoms with E-state index < -0.39 is 10.0 Å². The van der Waals surface area contributed by atoms with Gasteiger partial charge in [-0.2, -0.15) is 0 Å². The van der Waals surface area contributed by atoms with E-state index in [2.05, 4.69) is 4.72 Å². The van der Waals surface area contributed by atoms with Crippen molar-refractivity contribution in [1.29, 1.82) is 0 Å². The summed E-state index contributed by atoms with van der Waals surface area (Å²) in [5.74, 6) is 0.660. The fourth-order valence-corrected chi connectivity index (χ4v) is 3.14. The second-order valence-corrected chi connectivity index (χ2v) is 6.25. The highest BCUT2D eigenvalue weighted by atomic mass is 32.2. The second-order valence-electron chi connectivity index (χ2n) is 4.53. The summed E-state index contributed by atoms with van der Waals surface area (Å²) in [6.07, 6.45) is 0. The van der Waals surface area contributed by atoms with E-state index >= 15 is 0 Å². The molecule has 0 atom stereocenters. The summed E-state index contributed by atoms with van der Waals surface area (Å²) in [4.78, 5) is 0. The van der Waals surface area contributed by atoms with Crippen LogP contribution in [0.2, 0.25) is 0 Å². The topological polar surface area (TPSA) is 55.4 Å². The molecule has 0 radical (unpaired) electrons. The number of methoxy groups -OCH3 is 1. The molecule has 2 aromatic carbocycles. The zero-order valence-electron chi connectivity index (χ0n) is 11.5. The minimum absolute atomic E-state index is 0.0424. The monoisotopic (exact) mass is 291 g/mol. The lowest BCUT2D eigenvalue weighted by Gasteiger charge is -2.11. The zero-order chi connectivity index (χ0) is 14.6. The highest BCUT2D eigenvalue weighted by molar-refractivity contribution is 7.91. The Labute approximate surface area is 119 Å². The van der Waals surface area contributed by atoms with Crippen LogP contribution in [0.4, 0.5) is 5.69 Å². The number of sulfonamides is 1. The maximum Gasteiger partial charge on any atom is 0.236 e. The predicted octanol–water partition coefficient (Wildman–Crippen LogP) is 2.95. The van der Waals surface area contributed by atoms with Gasteiger partial charge in [-0.25, -0.2) is 8.42 Å². The smallest absolute Gasteiger partial charge is 0.236 e. The number of nitrogens with one attached hydrogen (secondary N) is 1. The molecular formula is C15H17NO3S. The molecule has 0 aliphatic heterocycles. The van der Waals surface area contributed by atoms with E-state index in [4.69, 9.17) is 4.74 Å². The number of rotatable bonds is 5. The molecule has 0 heterocycles. The van der Waals surface area contributed by atoms with E-state index in [1.54, 1.807) is 37.4 Å². The molecule has 0 aromatic heterocycles. The largest absolute Gasteiger partial charge is 0.497 e. The van der Waals surface area contributed by atoms with Crippen LogP contribution in [0.1, 0.15) is 11.1 Å². The molecule has 5 heteroatoms. The molecule has 0 spiro atoms. The molecule has 106 valence electrons. The molecule has 20 heavy (non-hydrogen) atoms. The van der Waals surface area contributed by atoms with Gasteiger partial charge in [0.25, 0.3) is 0 Å². The van der Waals surface area contributed by atoms with Gasteiger partial charge in [-0.3, -0.25) is 4.72 Å². The van der Waals surface area contributed by atoms with E-state index in [1.165, 1.54) is 0 Å². The average Bonchev–Trinajstić information content (AvgIpc) is 2.41. The molecule has 0 saturated heterocycles. The van der Waals surface area contributed by atoms with E-state index in [0.29, 0.717) is 11.4 Å². The number of anilines is 1. The lowest BCUT2D eigenvalue weighted by atomic mass is 10.2. The fraction of sp³-hybridized carbons (Fsp3) is 0.200. The molecular weight excluding hydrogens is 274 g/mol. The summed E-state index contributed by atoms with van der Waals surface area (Å²) < 4.78 is 32.0. The standard InChI is InChI=1S/C15H17NO3S/c1-12-10-14(19-2)8-9-15(12)16-20(17,18)11-13-6-4-3-5-7-13/h3-10,16H,11H2,1-2H3. The maximum absolute atomic E-state index is 12.1. The summed E-state index contributed by atoms with van der Waals surface area (Å²) in [5, 5.41) is 0. The fourth-order valence-electron chi connectivity index (χ4n) is 1.87. The number of hydrogen-bond acceptors (Lipinski definition) is 3. The first kappa shape index (κ1) is 14.4. The first-order valence-electron chi connectivity index (χ1n) is 6.19. The minimum Gasteiger partial charge on any atom is -0.497 e. The summed E-state index contributed by atoms with van der Waals surface area (Å²) in [5.41, 5.74) is 2.15. The highest BCUT2D eigenvalue weighted by Crippen LogP contribution is 2.22. The van der Waals surface area contributed by atoms with Crippen molar-refractivity contribution < 1.29 is 13.2 Å². The highest BCUT2D eigenvalue weighted by Gasteiger charge is 2.13. The molecule has 0 aliphatic carbocycles. The van der Waals surface area contributed by atoms with Crippen molar-refractivity contribution >= 4 is 15.7 Å². The number of aryl methyl sites for hydroxylation is 1. The van der Waals surface area contributed by atoms with Crippen LogP contribution in [-0.2, 0) is 15.8 Å². The molecule has 4 nitrogen and oxygen atoms in total. The van der Waals surface area contributed by atoms with Crippen LogP contribution < -0.4 is 9.46 Å². The van der Waals surface area contributed by atoms with E-state index in [0.717, 1.165) is 11.1 Å². The minimum atomic E-state index is -3.42. The molecule has 0 amide bonds. The molecule has 1 N–H and O–H groups in total. The molecule has 2 rings (SSSR count). The van der Waals surface area contributed by atoms with Crippen molar-refractivity contribution in [3.8, 4) is 5.75 Å². The van der Waals surface area contributed by atoms with Gasteiger partial charge >= 0.3 is 0 Å². The predicted molar refractivity (Wildman–Crippen MR) is 80.4 cm³/mol. The van der Waals surface area contributed by atoms with Crippen LogP contribution in [0.15, 0.2) is 48.5 Å². The lowest BCUT2D eigenvalue weighted by Crippen LogP contribution is -2.15. The Morgan fingerprint density at radius 3 is 2.40 bits per heavy atom. The van der Waals surface area contributed by atoms with Crippen LogP contribution in [0.3, 0.4) is 0 Å². The second kappa shape index (κ2) is 5.96. The SMILES string of the molecule is COc1ccc(NS(=O)(=O)Cc2ccccc2)c(C)c1. The Balaban J connectivity index is 2.16. The first-order chi connectivity index (χ1) is 9.50.